The smallest absolute Gasteiger partial charge is 0.245 e. The first-order chi connectivity index (χ1) is 11.1. The van der Waals surface area contributed by atoms with Crippen molar-refractivity contribution in [2.24, 2.45) is 0 Å². The minimum Gasteiger partial charge on any atom is -0.323 e. The van der Waals surface area contributed by atoms with Gasteiger partial charge in [-0.05, 0) is 36.6 Å². The summed E-state index contributed by atoms with van der Waals surface area (Å²) in [4.78, 5) is 11.8. The van der Waals surface area contributed by atoms with E-state index in [1.54, 1.807) is 24.3 Å². The monoisotopic (exact) mass is 353 g/mol. The summed E-state index contributed by atoms with van der Waals surface area (Å²) in [5.74, 6) is 0.200. The minimum absolute atomic E-state index is 0.0406. The number of nitrogens with zero attached hydrogens (tertiary/aromatic N) is 4. The zero-order valence-corrected chi connectivity index (χ0v) is 13.9. The molecule has 1 aliphatic rings. The van der Waals surface area contributed by atoms with Crippen molar-refractivity contribution in [1.82, 2.24) is 19.3 Å². The van der Waals surface area contributed by atoms with Crippen molar-refractivity contribution in [2.45, 2.75) is 24.2 Å². The fourth-order valence-electron chi connectivity index (χ4n) is 2.50. The normalized spacial score (nSPS) is 16.2. The van der Waals surface area contributed by atoms with Crippen molar-refractivity contribution in [3.8, 4) is 0 Å². The Bertz CT molecular complexity index is 793. The molecule has 0 atom stereocenters. The van der Waals surface area contributed by atoms with Gasteiger partial charge in [0.15, 0.2) is 0 Å². The number of benzene rings is 1. The molecule has 0 aliphatic carbocycles. The number of hydrogen-bond acceptors (Lipinski definition) is 6. The molecule has 1 aromatic heterocycles. The van der Waals surface area contributed by atoms with Crippen molar-refractivity contribution >= 4 is 33.3 Å². The number of hydrogen-bond donors (Lipinski definition) is 1. The Morgan fingerprint density at radius 3 is 2.57 bits per heavy atom. The van der Waals surface area contributed by atoms with Gasteiger partial charge in [-0.25, -0.2) is 18.4 Å². The van der Waals surface area contributed by atoms with Crippen LogP contribution >= 0.6 is 11.6 Å². The van der Waals surface area contributed by atoms with Gasteiger partial charge >= 0.3 is 0 Å². The van der Waals surface area contributed by atoms with Crippen LogP contribution in [0.5, 0.6) is 0 Å². The van der Waals surface area contributed by atoms with E-state index in [0.29, 0.717) is 18.8 Å². The van der Waals surface area contributed by atoms with Crippen LogP contribution in [-0.4, -0.2) is 40.8 Å². The molecule has 3 rings (SSSR count). The number of halogens is 1. The van der Waals surface area contributed by atoms with Crippen LogP contribution in [0, 0.1) is 0 Å². The zero-order chi connectivity index (χ0) is 16.3. The highest BCUT2D eigenvalue weighted by Gasteiger charge is 2.28. The van der Waals surface area contributed by atoms with Crippen molar-refractivity contribution in [1.29, 1.82) is 0 Å². The molecule has 7 nitrogen and oxygen atoms in total. The Kier molecular flexibility index (Phi) is 4.74. The van der Waals surface area contributed by atoms with Crippen molar-refractivity contribution in [2.75, 3.05) is 18.4 Å². The number of nitrogens with one attached hydrogen (secondary N) is 1. The van der Waals surface area contributed by atoms with Gasteiger partial charge in [0.1, 0.15) is 11.2 Å². The summed E-state index contributed by atoms with van der Waals surface area (Å²) in [5, 5.41) is 2.95. The van der Waals surface area contributed by atoms with E-state index in [1.165, 1.54) is 10.6 Å². The molecule has 1 aromatic carbocycles. The van der Waals surface area contributed by atoms with Gasteiger partial charge in [-0.2, -0.15) is 9.29 Å². The Labute approximate surface area is 139 Å². The largest absolute Gasteiger partial charge is 0.323 e. The molecule has 0 unspecified atom stereocenters. The lowest BCUT2D eigenvalue weighted by Crippen LogP contribution is -2.35. The van der Waals surface area contributed by atoms with Crippen LogP contribution in [-0.2, 0) is 10.0 Å². The van der Waals surface area contributed by atoms with Gasteiger partial charge in [0, 0.05) is 13.1 Å². The zero-order valence-electron chi connectivity index (χ0n) is 12.3. The molecular formula is C14H16ClN5O2S. The average molecular weight is 354 g/mol. The molecule has 0 amide bonds. The number of rotatable bonds is 4. The summed E-state index contributed by atoms with van der Waals surface area (Å²) in [5.41, 5.74) is 0.417. The van der Waals surface area contributed by atoms with E-state index in [0.717, 1.165) is 19.3 Å². The third-order valence-corrected chi connectivity index (χ3v) is 5.75. The standard InChI is InChI=1S/C14H16ClN5O2S/c15-13-16-10-17-14(19-13)18-11-6-2-3-7-12(11)23(21,22)20-8-4-1-5-9-20/h2-3,6-7,10H,1,4-5,8-9H2,(H,16,17,18,19). The lowest BCUT2D eigenvalue weighted by Gasteiger charge is -2.26. The van der Waals surface area contributed by atoms with Gasteiger partial charge < -0.3 is 5.32 Å². The van der Waals surface area contributed by atoms with E-state index < -0.39 is 10.0 Å². The fraction of sp³-hybridized carbons (Fsp3) is 0.357. The lowest BCUT2D eigenvalue weighted by atomic mass is 10.2. The molecule has 2 aromatic rings. The highest BCUT2D eigenvalue weighted by molar-refractivity contribution is 7.89. The molecule has 23 heavy (non-hydrogen) atoms. The maximum absolute atomic E-state index is 12.9. The Balaban J connectivity index is 1.94. The van der Waals surface area contributed by atoms with Crippen LogP contribution in [0.2, 0.25) is 5.28 Å². The van der Waals surface area contributed by atoms with Crippen LogP contribution in [0.1, 0.15) is 19.3 Å². The molecule has 1 aliphatic heterocycles. The van der Waals surface area contributed by atoms with Gasteiger partial charge in [0.05, 0.1) is 5.69 Å². The number of para-hydroxylation sites is 1. The van der Waals surface area contributed by atoms with Crippen molar-refractivity contribution < 1.29 is 8.42 Å². The summed E-state index contributed by atoms with van der Waals surface area (Å²) >= 11 is 5.73. The predicted molar refractivity (Wildman–Crippen MR) is 87.2 cm³/mol. The molecule has 9 heteroatoms. The van der Waals surface area contributed by atoms with Crippen molar-refractivity contribution in [3.05, 3.63) is 35.9 Å². The summed E-state index contributed by atoms with van der Waals surface area (Å²) < 4.78 is 27.3. The summed E-state index contributed by atoms with van der Waals surface area (Å²) in [6, 6.07) is 6.70. The summed E-state index contributed by atoms with van der Waals surface area (Å²) in [7, 11) is -3.56. The van der Waals surface area contributed by atoms with E-state index in [-0.39, 0.29) is 16.1 Å². The minimum atomic E-state index is -3.56. The second-order valence-electron chi connectivity index (χ2n) is 5.16. The predicted octanol–water partition coefficient (Wildman–Crippen LogP) is 2.44. The Morgan fingerprint density at radius 2 is 1.83 bits per heavy atom. The molecule has 1 N–H and O–H groups in total. The average Bonchev–Trinajstić information content (AvgIpc) is 2.56. The van der Waals surface area contributed by atoms with Crippen LogP contribution in [0.25, 0.3) is 0 Å². The molecule has 0 spiro atoms. The summed E-state index contributed by atoms with van der Waals surface area (Å²) in [6.07, 6.45) is 4.10. The molecule has 0 bridgehead atoms. The molecule has 122 valence electrons. The Hall–Kier alpha value is -1.77. The van der Waals surface area contributed by atoms with Crippen LogP contribution in [0.4, 0.5) is 11.6 Å². The second-order valence-corrected chi connectivity index (χ2v) is 7.41. The van der Waals surface area contributed by atoms with Gasteiger partial charge in [0.2, 0.25) is 21.3 Å². The van der Waals surface area contributed by atoms with E-state index in [2.05, 4.69) is 20.3 Å². The maximum Gasteiger partial charge on any atom is 0.245 e. The van der Waals surface area contributed by atoms with Gasteiger partial charge in [0.25, 0.3) is 0 Å². The third kappa shape index (κ3) is 3.60. The SMILES string of the molecule is O=S(=O)(c1ccccc1Nc1ncnc(Cl)n1)N1CCCCC1. The van der Waals surface area contributed by atoms with Gasteiger partial charge in [-0.1, -0.05) is 18.6 Å². The number of sulfonamides is 1. The third-order valence-electron chi connectivity index (χ3n) is 3.61. The van der Waals surface area contributed by atoms with Crippen LogP contribution in [0.15, 0.2) is 35.5 Å². The van der Waals surface area contributed by atoms with E-state index in [9.17, 15) is 8.42 Å². The first-order valence-corrected chi connectivity index (χ1v) is 9.10. The van der Waals surface area contributed by atoms with E-state index in [4.69, 9.17) is 11.6 Å². The molecule has 1 fully saturated rings. The first-order valence-electron chi connectivity index (χ1n) is 7.28. The quantitative estimate of drug-likeness (QED) is 0.908. The highest BCUT2D eigenvalue weighted by Crippen LogP contribution is 2.28. The van der Waals surface area contributed by atoms with Gasteiger partial charge in [-0.15, -0.1) is 0 Å². The number of anilines is 2. The topological polar surface area (TPSA) is 88.1 Å². The molecule has 0 radical (unpaired) electrons. The molecule has 0 saturated carbocycles. The van der Waals surface area contributed by atoms with E-state index in [1.807, 2.05) is 0 Å². The van der Waals surface area contributed by atoms with Crippen LogP contribution < -0.4 is 5.32 Å². The van der Waals surface area contributed by atoms with Gasteiger partial charge in [-0.3, -0.25) is 0 Å². The highest BCUT2D eigenvalue weighted by atomic mass is 35.5. The van der Waals surface area contributed by atoms with Crippen LogP contribution in [0.3, 0.4) is 0 Å². The van der Waals surface area contributed by atoms with Crippen molar-refractivity contribution in [3.63, 3.8) is 0 Å². The second kappa shape index (κ2) is 6.77. The lowest BCUT2D eigenvalue weighted by molar-refractivity contribution is 0.347. The molecule has 2 heterocycles. The molecular weight excluding hydrogens is 338 g/mol. The number of aromatic nitrogens is 3. The maximum atomic E-state index is 12.9. The Morgan fingerprint density at radius 1 is 1.09 bits per heavy atom. The molecule has 1 saturated heterocycles. The summed E-state index contributed by atoms with van der Waals surface area (Å²) in [6.45, 7) is 1.10. The van der Waals surface area contributed by atoms with E-state index >= 15 is 0 Å². The fourth-order valence-corrected chi connectivity index (χ4v) is 4.28. The first kappa shape index (κ1) is 16.1. The number of piperidine rings is 1.